The van der Waals surface area contributed by atoms with E-state index < -0.39 is 0 Å². The van der Waals surface area contributed by atoms with E-state index in [1.54, 1.807) is 35.5 Å². The van der Waals surface area contributed by atoms with Crippen molar-refractivity contribution in [1.29, 1.82) is 0 Å². The van der Waals surface area contributed by atoms with Crippen LogP contribution < -0.4 is 28.4 Å². The maximum atomic E-state index is 6.43. The zero-order valence-electron chi connectivity index (χ0n) is 23.3. The quantitative estimate of drug-likeness (QED) is 0.185. The summed E-state index contributed by atoms with van der Waals surface area (Å²) in [6.45, 7) is 0. The molecule has 0 heterocycles. The van der Waals surface area contributed by atoms with Crippen LogP contribution in [0.2, 0.25) is 0 Å². The predicted octanol–water partition coefficient (Wildman–Crippen LogP) is 7.09. The molecular weight excluding hydrogens is 492 g/mol. The van der Waals surface area contributed by atoms with E-state index in [0.717, 1.165) is 54.1 Å². The first-order valence-electron chi connectivity index (χ1n) is 12.9. The van der Waals surface area contributed by atoms with Gasteiger partial charge in [-0.15, -0.1) is 0 Å². The van der Waals surface area contributed by atoms with E-state index in [1.807, 2.05) is 48.5 Å². The molecule has 4 rings (SSSR count). The molecule has 4 aromatic carbocycles. The van der Waals surface area contributed by atoms with Crippen LogP contribution in [0.5, 0.6) is 40.2 Å². The summed E-state index contributed by atoms with van der Waals surface area (Å²) < 4.78 is 33.9. The first kappa shape index (κ1) is 27.7. The Morgan fingerprint density at radius 3 is 1.41 bits per heavy atom. The second-order valence-corrected chi connectivity index (χ2v) is 9.10. The van der Waals surface area contributed by atoms with E-state index in [1.165, 1.54) is 11.1 Å². The lowest BCUT2D eigenvalue weighted by Gasteiger charge is -2.17. The maximum Gasteiger partial charge on any atom is 0.170 e. The van der Waals surface area contributed by atoms with Gasteiger partial charge in [0.05, 0.1) is 35.5 Å². The molecule has 0 aliphatic rings. The Morgan fingerprint density at radius 1 is 0.385 bits per heavy atom. The molecule has 0 N–H and O–H groups in total. The van der Waals surface area contributed by atoms with Crippen molar-refractivity contribution in [3.8, 4) is 40.2 Å². The lowest BCUT2D eigenvalue weighted by atomic mass is 10.0. The molecule has 0 aliphatic heterocycles. The first-order chi connectivity index (χ1) is 19.1. The lowest BCUT2D eigenvalue weighted by molar-refractivity contribution is 0.350. The number of hydrogen-bond acceptors (Lipinski definition) is 6. The topological polar surface area (TPSA) is 55.4 Å². The number of benzene rings is 4. The fourth-order valence-corrected chi connectivity index (χ4v) is 4.43. The minimum atomic E-state index is 0.589. The summed E-state index contributed by atoms with van der Waals surface area (Å²) in [6.07, 6.45) is 3.38. The lowest BCUT2D eigenvalue weighted by Crippen LogP contribution is -2.00. The molecule has 39 heavy (non-hydrogen) atoms. The molecule has 6 nitrogen and oxygen atoms in total. The molecule has 0 bridgehead atoms. The Balaban J connectivity index is 1.54. The van der Waals surface area contributed by atoms with E-state index >= 15 is 0 Å². The molecule has 0 saturated carbocycles. The van der Waals surface area contributed by atoms with Crippen molar-refractivity contribution in [3.05, 3.63) is 101 Å². The fraction of sp³-hybridized carbons (Fsp3) is 0.273. The minimum absolute atomic E-state index is 0.589. The standard InChI is InChI=1S/C33H36O6/c1-34-27-15-9-23(10-16-27)6-7-25-13-19-29(36-3)32(20-25)39-33-21-26(30(37-4)22-31(33)38-5)14-8-24-11-17-28(35-2)18-12-24/h9-13,15-22H,6-8,14H2,1-5H3. The van der Waals surface area contributed by atoms with Crippen molar-refractivity contribution in [2.75, 3.05) is 35.5 Å². The Morgan fingerprint density at radius 2 is 0.872 bits per heavy atom. The summed E-state index contributed by atoms with van der Waals surface area (Å²) in [7, 11) is 8.29. The number of methoxy groups -OCH3 is 5. The molecule has 0 atom stereocenters. The highest BCUT2D eigenvalue weighted by Crippen LogP contribution is 2.41. The van der Waals surface area contributed by atoms with Gasteiger partial charge in [0.15, 0.2) is 23.0 Å². The average molecular weight is 529 g/mol. The van der Waals surface area contributed by atoms with Crippen molar-refractivity contribution in [2.24, 2.45) is 0 Å². The number of ether oxygens (including phenoxy) is 6. The Bertz CT molecular complexity index is 1350. The highest BCUT2D eigenvalue weighted by atomic mass is 16.5. The van der Waals surface area contributed by atoms with Gasteiger partial charge in [-0.25, -0.2) is 0 Å². The molecule has 0 spiro atoms. The molecule has 0 radical (unpaired) electrons. The fourth-order valence-electron chi connectivity index (χ4n) is 4.43. The summed E-state index contributed by atoms with van der Waals surface area (Å²) >= 11 is 0. The van der Waals surface area contributed by atoms with E-state index in [4.69, 9.17) is 28.4 Å². The van der Waals surface area contributed by atoms with Crippen LogP contribution >= 0.6 is 0 Å². The summed E-state index contributed by atoms with van der Waals surface area (Å²) in [6, 6.07) is 26.2. The first-order valence-corrected chi connectivity index (χ1v) is 12.9. The molecule has 204 valence electrons. The molecule has 4 aromatic rings. The number of aryl methyl sites for hydroxylation is 4. The van der Waals surface area contributed by atoms with Crippen molar-refractivity contribution in [2.45, 2.75) is 25.7 Å². The summed E-state index contributed by atoms with van der Waals surface area (Å²) in [5.41, 5.74) is 4.63. The van der Waals surface area contributed by atoms with Crippen molar-refractivity contribution < 1.29 is 28.4 Å². The Hall–Kier alpha value is -4.32. The molecule has 0 unspecified atom stereocenters. The van der Waals surface area contributed by atoms with Crippen LogP contribution in [0.4, 0.5) is 0 Å². The van der Waals surface area contributed by atoms with Crippen LogP contribution in [0.25, 0.3) is 0 Å². The molecule has 0 fully saturated rings. The normalized spacial score (nSPS) is 10.6. The number of rotatable bonds is 13. The second-order valence-electron chi connectivity index (χ2n) is 9.10. The SMILES string of the molecule is COc1ccc(CCc2ccc(OC)c(Oc3cc(CCc4ccc(OC)cc4)c(OC)cc3OC)c2)cc1. The number of hydrogen-bond donors (Lipinski definition) is 0. The minimum Gasteiger partial charge on any atom is -0.497 e. The molecule has 0 aromatic heterocycles. The molecule has 0 amide bonds. The van der Waals surface area contributed by atoms with E-state index in [0.29, 0.717) is 23.0 Å². The van der Waals surface area contributed by atoms with Crippen LogP contribution in [-0.4, -0.2) is 35.5 Å². The van der Waals surface area contributed by atoms with Crippen LogP contribution in [0.1, 0.15) is 22.3 Å². The van der Waals surface area contributed by atoms with Gasteiger partial charge < -0.3 is 28.4 Å². The molecule has 0 saturated heterocycles. The van der Waals surface area contributed by atoms with Gasteiger partial charge in [-0.05, 0) is 90.4 Å². The van der Waals surface area contributed by atoms with Crippen LogP contribution in [0.15, 0.2) is 78.9 Å². The van der Waals surface area contributed by atoms with Crippen molar-refractivity contribution in [1.82, 2.24) is 0 Å². The van der Waals surface area contributed by atoms with Gasteiger partial charge in [-0.3, -0.25) is 0 Å². The second kappa shape index (κ2) is 13.5. The van der Waals surface area contributed by atoms with Crippen LogP contribution in [-0.2, 0) is 25.7 Å². The van der Waals surface area contributed by atoms with E-state index in [-0.39, 0.29) is 0 Å². The largest absolute Gasteiger partial charge is 0.497 e. The summed E-state index contributed by atoms with van der Waals surface area (Å²) in [5.74, 6) is 4.94. The monoisotopic (exact) mass is 528 g/mol. The highest BCUT2D eigenvalue weighted by molar-refractivity contribution is 5.54. The van der Waals surface area contributed by atoms with Crippen molar-refractivity contribution in [3.63, 3.8) is 0 Å². The van der Waals surface area contributed by atoms with Crippen molar-refractivity contribution >= 4 is 0 Å². The Kier molecular flexibility index (Phi) is 9.57. The van der Waals surface area contributed by atoms with Gasteiger partial charge in [-0.1, -0.05) is 30.3 Å². The molecular formula is C33H36O6. The average Bonchev–Trinajstić information content (AvgIpc) is 2.99. The van der Waals surface area contributed by atoms with Gasteiger partial charge in [0, 0.05) is 6.07 Å². The van der Waals surface area contributed by atoms with E-state index in [9.17, 15) is 0 Å². The van der Waals surface area contributed by atoms with Crippen LogP contribution in [0, 0.1) is 0 Å². The molecule has 0 aliphatic carbocycles. The summed E-state index contributed by atoms with van der Waals surface area (Å²) in [4.78, 5) is 0. The summed E-state index contributed by atoms with van der Waals surface area (Å²) in [5, 5.41) is 0. The third kappa shape index (κ3) is 7.17. The zero-order chi connectivity index (χ0) is 27.6. The Labute approximate surface area is 231 Å². The smallest absolute Gasteiger partial charge is 0.170 e. The third-order valence-electron chi connectivity index (χ3n) is 6.72. The zero-order valence-corrected chi connectivity index (χ0v) is 23.3. The van der Waals surface area contributed by atoms with Gasteiger partial charge in [0.2, 0.25) is 0 Å². The van der Waals surface area contributed by atoms with Gasteiger partial charge in [0.25, 0.3) is 0 Å². The highest BCUT2D eigenvalue weighted by Gasteiger charge is 2.16. The predicted molar refractivity (Wildman–Crippen MR) is 153 cm³/mol. The molecule has 6 heteroatoms. The van der Waals surface area contributed by atoms with Gasteiger partial charge in [-0.2, -0.15) is 0 Å². The third-order valence-corrected chi connectivity index (χ3v) is 6.72. The van der Waals surface area contributed by atoms with Crippen LogP contribution in [0.3, 0.4) is 0 Å². The van der Waals surface area contributed by atoms with Gasteiger partial charge in [0.1, 0.15) is 17.2 Å². The maximum absolute atomic E-state index is 6.43. The van der Waals surface area contributed by atoms with E-state index in [2.05, 4.69) is 30.3 Å². The van der Waals surface area contributed by atoms with Gasteiger partial charge >= 0.3 is 0 Å².